The topological polar surface area (TPSA) is 49.3 Å². The summed E-state index contributed by atoms with van der Waals surface area (Å²) < 4.78 is 0. The molecule has 30 heavy (non-hydrogen) atoms. The lowest BCUT2D eigenvalue weighted by molar-refractivity contribution is -0.134. The van der Waals surface area contributed by atoms with Crippen LogP contribution in [0.4, 0.5) is 5.82 Å². The fraction of sp³-hybridized carbons (Fsp3) is 0.560. The Balaban J connectivity index is 1.65. The van der Waals surface area contributed by atoms with Gasteiger partial charge in [-0.1, -0.05) is 50.6 Å². The van der Waals surface area contributed by atoms with Gasteiger partial charge in [0.1, 0.15) is 11.6 Å². The van der Waals surface area contributed by atoms with Crippen LogP contribution in [0.25, 0.3) is 0 Å². The molecule has 1 saturated carbocycles. The third kappa shape index (κ3) is 4.50. The Labute approximate surface area is 180 Å². The van der Waals surface area contributed by atoms with Crippen LogP contribution in [0, 0.1) is 12.8 Å². The molecular formula is C25H34N4O. The maximum Gasteiger partial charge on any atom is 0.225 e. The molecule has 0 bridgehead atoms. The zero-order valence-corrected chi connectivity index (χ0v) is 18.8. The summed E-state index contributed by atoms with van der Waals surface area (Å²) in [7, 11) is 0. The monoisotopic (exact) mass is 406 g/mol. The average Bonchev–Trinajstić information content (AvgIpc) is 3.59. The summed E-state index contributed by atoms with van der Waals surface area (Å²) in [6.07, 6.45) is 4.19. The van der Waals surface area contributed by atoms with Crippen LogP contribution in [0.5, 0.6) is 0 Å². The van der Waals surface area contributed by atoms with Crippen LogP contribution in [0.15, 0.2) is 24.3 Å². The van der Waals surface area contributed by atoms with E-state index in [0.717, 1.165) is 50.7 Å². The molecule has 160 valence electrons. The van der Waals surface area contributed by atoms with E-state index in [1.165, 1.54) is 35.2 Å². The number of carbonyl (C=O) groups is 1. The zero-order chi connectivity index (χ0) is 21.3. The highest BCUT2D eigenvalue weighted by Crippen LogP contribution is 2.40. The molecule has 2 fully saturated rings. The van der Waals surface area contributed by atoms with Gasteiger partial charge in [0.15, 0.2) is 0 Å². The minimum Gasteiger partial charge on any atom is -0.353 e. The molecular weight excluding hydrogens is 372 g/mol. The molecule has 1 aromatic carbocycles. The molecule has 5 nitrogen and oxygen atoms in total. The lowest BCUT2D eigenvalue weighted by Crippen LogP contribution is -2.50. The van der Waals surface area contributed by atoms with Crippen molar-refractivity contribution in [1.29, 1.82) is 0 Å². The largest absolute Gasteiger partial charge is 0.353 e. The van der Waals surface area contributed by atoms with Gasteiger partial charge in [-0.25, -0.2) is 9.97 Å². The molecule has 1 aliphatic heterocycles. The quantitative estimate of drug-likeness (QED) is 0.724. The fourth-order valence-electron chi connectivity index (χ4n) is 4.33. The predicted octanol–water partition coefficient (Wildman–Crippen LogP) is 4.12. The molecule has 1 saturated heterocycles. The van der Waals surface area contributed by atoms with Crippen LogP contribution < -0.4 is 4.90 Å². The second kappa shape index (κ2) is 8.75. The van der Waals surface area contributed by atoms with Gasteiger partial charge >= 0.3 is 0 Å². The first-order chi connectivity index (χ1) is 14.5. The predicted molar refractivity (Wildman–Crippen MR) is 121 cm³/mol. The lowest BCUT2D eigenvalue weighted by atomic mass is 10.00. The molecule has 1 aromatic heterocycles. The minimum absolute atomic E-state index is 0.0562. The Morgan fingerprint density at radius 2 is 1.87 bits per heavy atom. The van der Waals surface area contributed by atoms with Crippen molar-refractivity contribution in [2.24, 2.45) is 5.92 Å². The Morgan fingerprint density at radius 1 is 1.13 bits per heavy atom. The summed E-state index contributed by atoms with van der Waals surface area (Å²) >= 11 is 0. The van der Waals surface area contributed by atoms with Crippen molar-refractivity contribution in [2.75, 3.05) is 31.1 Å². The first-order valence-electron chi connectivity index (χ1n) is 11.4. The zero-order valence-electron chi connectivity index (χ0n) is 18.8. The molecule has 5 heteroatoms. The molecule has 0 radical (unpaired) electrons. The molecule has 0 spiro atoms. The molecule has 0 unspecified atom stereocenters. The van der Waals surface area contributed by atoms with Crippen LogP contribution in [0.2, 0.25) is 0 Å². The summed E-state index contributed by atoms with van der Waals surface area (Å²) in [6, 6.07) is 8.73. The number of hydrogen-bond acceptors (Lipinski definition) is 4. The van der Waals surface area contributed by atoms with E-state index in [9.17, 15) is 4.79 Å². The van der Waals surface area contributed by atoms with Gasteiger partial charge in [-0.05, 0) is 31.7 Å². The number of amides is 1. The summed E-state index contributed by atoms with van der Waals surface area (Å²) in [5.41, 5.74) is 5.03. The number of aryl methyl sites for hydroxylation is 2. The van der Waals surface area contributed by atoms with E-state index in [2.05, 4.69) is 43.0 Å². The van der Waals surface area contributed by atoms with E-state index < -0.39 is 0 Å². The molecule has 0 atom stereocenters. The molecule has 2 heterocycles. The van der Waals surface area contributed by atoms with E-state index in [1.807, 2.05) is 18.7 Å². The number of hydrogen-bond donors (Lipinski definition) is 0. The number of benzene rings is 1. The first-order valence-corrected chi connectivity index (χ1v) is 11.4. The second-order valence-electron chi connectivity index (χ2n) is 9.09. The van der Waals surface area contributed by atoms with E-state index in [4.69, 9.17) is 9.97 Å². The van der Waals surface area contributed by atoms with Crippen molar-refractivity contribution < 1.29 is 4.79 Å². The lowest BCUT2D eigenvalue weighted by Gasteiger charge is -2.37. The number of piperazine rings is 1. The summed E-state index contributed by atoms with van der Waals surface area (Å²) in [6.45, 7) is 11.5. The summed E-state index contributed by atoms with van der Waals surface area (Å²) in [4.78, 5) is 26.9. The standard InChI is InChI=1S/C25H34N4O/c1-5-22-21(16-19-8-6-7-18(4)15-19)24(27-23(26-22)20-9-10-20)28-11-13-29(14-12-28)25(30)17(2)3/h6-8,15,17,20H,5,9-14,16H2,1-4H3. The summed E-state index contributed by atoms with van der Waals surface area (Å²) in [5.74, 6) is 2.97. The van der Waals surface area contributed by atoms with E-state index in [0.29, 0.717) is 5.92 Å². The van der Waals surface area contributed by atoms with Gasteiger partial charge in [-0.3, -0.25) is 4.79 Å². The van der Waals surface area contributed by atoms with Crippen molar-refractivity contribution in [3.63, 3.8) is 0 Å². The Bertz CT molecular complexity index is 911. The molecule has 1 amide bonds. The minimum atomic E-state index is 0.0562. The van der Waals surface area contributed by atoms with Gasteiger partial charge in [0.05, 0.1) is 0 Å². The third-order valence-electron chi connectivity index (χ3n) is 6.21. The van der Waals surface area contributed by atoms with E-state index in [1.54, 1.807) is 0 Å². The van der Waals surface area contributed by atoms with Gasteiger partial charge in [0, 0.05) is 55.7 Å². The normalized spacial score (nSPS) is 17.0. The molecule has 4 rings (SSSR count). The van der Waals surface area contributed by atoms with Crippen LogP contribution in [0.1, 0.15) is 67.7 Å². The smallest absolute Gasteiger partial charge is 0.225 e. The van der Waals surface area contributed by atoms with Gasteiger partial charge in [-0.2, -0.15) is 0 Å². The van der Waals surface area contributed by atoms with Crippen LogP contribution in [-0.4, -0.2) is 47.0 Å². The Morgan fingerprint density at radius 3 is 2.47 bits per heavy atom. The highest BCUT2D eigenvalue weighted by molar-refractivity contribution is 5.78. The highest BCUT2D eigenvalue weighted by Gasteiger charge is 2.31. The molecule has 2 aromatic rings. The number of anilines is 1. The maximum absolute atomic E-state index is 12.4. The first kappa shape index (κ1) is 20.8. The van der Waals surface area contributed by atoms with Crippen LogP contribution >= 0.6 is 0 Å². The Hall–Kier alpha value is -2.43. The van der Waals surface area contributed by atoms with Crippen molar-refractivity contribution in [3.8, 4) is 0 Å². The number of carbonyl (C=O) groups excluding carboxylic acids is 1. The van der Waals surface area contributed by atoms with Gasteiger partial charge in [0.25, 0.3) is 0 Å². The Kier molecular flexibility index (Phi) is 6.07. The SMILES string of the molecule is CCc1nc(C2CC2)nc(N2CCN(C(=O)C(C)C)CC2)c1Cc1cccc(C)c1. The number of rotatable bonds is 6. The van der Waals surface area contributed by atoms with Crippen LogP contribution in [-0.2, 0) is 17.6 Å². The molecule has 2 aliphatic rings. The summed E-state index contributed by atoms with van der Waals surface area (Å²) in [5, 5.41) is 0. The van der Waals surface area contributed by atoms with E-state index in [-0.39, 0.29) is 11.8 Å². The van der Waals surface area contributed by atoms with Crippen molar-refractivity contribution >= 4 is 11.7 Å². The van der Waals surface area contributed by atoms with Crippen molar-refractivity contribution in [1.82, 2.24) is 14.9 Å². The second-order valence-corrected chi connectivity index (χ2v) is 9.09. The van der Waals surface area contributed by atoms with Crippen molar-refractivity contribution in [3.05, 3.63) is 52.5 Å². The van der Waals surface area contributed by atoms with Crippen LogP contribution in [0.3, 0.4) is 0 Å². The van der Waals surface area contributed by atoms with Crippen molar-refractivity contribution in [2.45, 2.75) is 59.3 Å². The molecule has 0 N–H and O–H groups in total. The number of nitrogens with zero attached hydrogens (tertiary/aromatic N) is 4. The molecule has 1 aliphatic carbocycles. The van der Waals surface area contributed by atoms with E-state index >= 15 is 0 Å². The van der Waals surface area contributed by atoms with Gasteiger partial charge in [0.2, 0.25) is 5.91 Å². The van der Waals surface area contributed by atoms with Gasteiger partial charge in [-0.15, -0.1) is 0 Å². The number of aromatic nitrogens is 2. The third-order valence-corrected chi connectivity index (χ3v) is 6.21. The van der Waals surface area contributed by atoms with Gasteiger partial charge < -0.3 is 9.80 Å². The fourth-order valence-corrected chi connectivity index (χ4v) is 4.33. The average molecular weight is 407 g/mol. The highest BCUT2D eigenvalue weighted by atomic mass is 16.2. The maximum atomic E-state index is 12.4.